The van der Waals surface area contributed by atoms with E-state index in [4.69, 9.17) is 4.74 Å². The summed E-state index contributed by atoms with van der Waals surface area (Å²) in [6.45, 7) is 0.493. The van der Waals surface area contributed by atoms with Crippen LogP contribution in [0.1, 0.15) is 12.0 Å². The van der Waals surface area contributed by atoms with E-state index in [2.05, 4.69) is 33.4 Å². The van der Waals surface area contributed by atoms with Crippen molar-refractivity contribution in [1.29, 1.82) is 0 Å². The number of halogens is 1. The molecule has 80 valence electrons. The maximum Gasteiger partial charge on any atom is 0.407 e. The summed E-state index contributed by atoms with van der Waals surface area (Å²) in [5.74, 6) is 0. The zero-order valence-electron chi connectivity index (χ0n) is 8.20. The Morgan fingerprint density at radius 2 is 2.40 bits per heavy atom. The average Bonchev–Trinajstić information content (AvgIpc) is 2.62. The molecule has 2 rings (SSSR count). The van der Waals surface area contributed by atoms with E-state index in [1.165, 1.54) is 5.56 Å². The Hall–Kier alpha value is -1.03. The summed E-state index contributed by atoms with van der Waals surface area (Å²) in [5, 5.41) is 2.77. The van der Waals surface area contributed by atoms with Crippen molar-refractivity contribution in [3.05, 3.63) is 34.3 Å². The molecule has 1 aliphatic rings. The van der Waals surface area contributed by atoms with Gasteiger partial charge in [-0.1, -0.05) is 28.1 Å². The van der Waals surface area contributed by atoms with Crippen LogP contribution in [-0.2, 0) is 11.2 Å². The van der Waals surface area contributed by atoms with Crippen molar-refractivity contribution >= 4 is 22.0 Å². The number of ether oxygens (including phenoxy) is 1. The van der Waals surface area contributed by atoms with Crippen LogP contribution in [0.3, 0.4) is 0 Å². The van der Waals surface area contributed by atoms with E-state index in [0.717, 1.165) is 17.3 Å². The van der Waals surface area contributed by atoms with E-state index in [1.807, 2.05) is 12.1 Å². The van der Waals surface area contributed by atoms with Gasteiger partial charge in [-0.2, -0.15) is 0 Å². The van der Waals surface area contributed by atoms with Gasteiger partial charge in [0.2, 0.25) is 0 Å². The smallest absolute Gasteiger partial charge is 0.407 e. The summed E-state index contributed by atoms with van der Waals surface area (Å²) >= 11 is 3.43. The van der Waals surface area contributed by atoms with Crippen LogP contribution >= 0.6 is 15.9 Å². The van der Waals surface area contributed by atoms with E-state index in [-0.39, 0.29) is 12.1 Å². The molecular weight excluding hydrogens is 258 g/mol. The summed E-state index contributed by atoms with van der Waals surface area (Å²) in [5.41, 5.74) is 1.27. The number of hydrogen-bond donors (Lipinski definition) is 1. The van der Waals surface area contributed by atoms with Gasteiger partial charge in [0.15, 0.2) is 0 Å². The van der Waals surface area contributed by atoms with Crippen molar-refractivity contribution < 1.29 is 9.53 Å². The molecule has 1 atom stereocenters. The van der Waals surface area contributed by atoms with Gasteiger partial charge in [-0.05, 0) is 30.5 Å². The monoisotopic (exact) mass is 269 g/mol. The molecule has 0 spiro atoms. The fourth-order valence-corrected chi connectivity index (χ4v) is 2.06. The number of rotatable bonds is 3. The Kier molecular flexibility index (Phi) is 3.26. The molecule has 1 amide bonds. The second-order valence-electron chi connectivity index (χ2n) is 3.61. The highest BCUT2D eigenvalue weighted by Gasteiger charge is 2.21. The van der Waals surface area contributed by atoms with E-state index >= 15 is 0 Å². The third-order valence-corrected chi connectivity index (χ3v) is 2.90. The molecule has 0 aliphatic carbocycles. The molecule has 1 aromatic carbocycles. The Bertz CT molecular complexity index is 367. The van der Waals surface area contributed by atoms with E-state index in [9.17, 15) is 4.79 Å². The summed E-state index contributed by atoms with van der Waals surface area (Å²) < 4.78 is 5.91. The normalized spacial score (nSPS) is 19.8. The molecule has 1 unspecified atom stereocenters. The van der Waals surface area contributed by atoms with Gasteiger partial charge >= 0.3 is 6.09 Å². The van der Waals surface area contributed by atoms with Crippen LogP contribution in [0, 0.1) is 0 Å². The first-order valence-corrected chi connectivity index (χ1v) is 5.71. The lowest BCUT2D eigenvalue weighted by molar-refractivity contribution is 0.176. The minimum absolute atomic E-state index is 0.163. The maximum atomic E-state index is 10.8. The highest BCUT2D eigenvalue weighted by atomic mass is 79.9. The van der Waals surface area contributed by atoms with Crippen LogP contribution in [0.2, 0.25) is 0 Å². The quantitative estimate of drug-likeness (QED) is 0.916. The Labute approximate surface area is 96.9 Å². The molecule has 0 aromatic heterocycles. The average molecular weight is 270 g/mol. The summed E-state index contributed by atoms with van der Waals surface area (Å²) in [4.78, 5) is 10.8. The SMILES string of the molecule is O=C1NC(CCc2cccc(Br)c2)CO1. The number of nitrogens with one attached hydrogen (secondary N) is 1. The molecule has 1 heterocycles. The number of alkyl carbamates (subject to hydrolysis) is 1. The third kappa shape index (κ3) is 2.96. The summed E-state index contributed by atoms with van der Waals surface area (Å²) in [6.07, 6.45) is 1.57. The van der Waals surface area contributed by atoms with E-state index in [0.29, 0.717) is 6.61 Å². The molecule has 4 heteroatoms. The summed E-state index contributed by atoms with van der Waals surface area (Å²) in [6, 6.07) is 8.36. The zero-order valence-corrected chi connectivity index (χ0v) is 9.79. The number of hydrogen-bond acceptors (Lipinski definition) is 2. The minimum atomic E-state index is -0.297. The second kappa shape index (κ2) is 4.66. The fraction of sp³-hybridized carbons (Fsp3) is 0.364. The first kappa shape index (κ1) is 10.5. The van der Waals surface area contributed by atoms with Gasteiger partial charge in [-0.3, -0.25) is 0 Å². The van der Waals surface area contributed by atoms with E-state index in [1.54, 1.807) is 0 Å². The molecule has 15 heavy (non-hydrogen) atoms. The lowest BCUT2D eigenvalue weighted by Gasteiger charge is -2.06. The lowest BCUT2D eigenvalue weighted by Crippen LogP contribution is -2.26. The van der Waals surface area contributed by atoms with Crippen molar-refractivity contribution in [1.82, 2.24) is 5.32 Å². The minimum Gasteiger partial charge on any atom is -0.447 e. The third-order valence-electron chi connectivity index (χ3n) is 2.41. The van der Waals surface area contributed by atoms with Crippen LogP contribution in [0.4, 0.5) is 4.79 Å². The molecule has 1 saturated heterocycles. The molecule has 0 bridgehead atoms. The summed E-state index contributed by atoms with van der Waals surface area (Å²) in [7, 11) is 0. The van der Waals surface area contributed by atoms with Crippen LogP contribution in [-0.4, -0.2) is 18.7 Å². The topological polar surface area (TPSA) is 38.3 Å². The Balaban J connectivity index is 1.85. The molecule has 3 nitrogen and oxygen atoms in total. The fourth-order valence-electron chi connectivity index (χ4n) is 1.62. The predicted molar refractivity (Wildman–Crippen MR) is 60.7 cm³/mol. The molecule has 1 aromatic rings. The Morgan fingerprint density at radius 1 is 1.53 bits per heavy atom. The molecule has 1 N–H and O–H groups in total. The number of cyclic esters (lactones) is 1. The first-order chi connectivity index (χ1) is 7.24. The number of amides is 1. The van der Waals surface area contributed by atoms with Gasteiger partial charge in [0.05, 0.1) is 6.04 Å². The number of aryl methyl sites for hydroxylation is 1. The van der Waals surface area contributed by atoms with Gasteiger partial charge in [0, 0.05) is 4.47 Å². The number of carbonyl (C=O) groups excluding carboxylic acids is 1. The van der Waals surface area contributed by atoms with Gasteiger partial charge < -0.3 is 10.1 Å². The molecule has 1 fully saturated rings. The Morgan fingerprint density at radius 3 is 3.07 bits per heavy atom. The molecule has 0 saturated carbocycles. The highest BCUT2D eigenvalue weighted by Crippen LogP contribution is 2.14. The van der Waals surface area contributed by atoms with Crippen molar-refractivity contribution in [2.45, 2.75) is 18.9 Å². The van der Waals surface area contributed by atoms with Gasteiger partial charge in [-0.15, -0.1) is 0 Å². The standard InChI is InChI=1S/C11H12BrNO2/c12-9-3-1-2-8(6-9)4-5-10-7-15-11(14)13-10/h1-3,6,10H,4-5,7H2,(H,13,14). The zero-order chi connectivity index (χ0) is 10.7. The van der Waals surface area contributed by atoms with Crippen LogP contribution in [0.25, 0.3) is 0 Å². The largest absolute Gasteiger partial charge is 0.447 e. The van der Waals surface area contributed by atoms with E-state index < -0.39 is 0 Å². The molecule has 0 radical (unpaired) electrons. The van der Waals surface area contributed by atoms with Gasteiger partial charge in [-0.25, -0.2) is 4.79 Å². The second-order valence-corrected chi connectivity index (χ2v) is 4.52. The maximum absolute atomic E-state index is 10.8. The van der Waals surface area contributed by atoms with Crippen molar-refractivity contribution in [3.8, 4) is 0 Å². The van der Waals surface area contributed by atoms with Crippen molar-refractivity contribution in [2.75, 3.05) is 6.61 Å². The lowest BCUT2D eigenvalue weighted by atomic mass is 10.1. The van der Waals surface area contributed by atoms with Crippen molar-refractivity contribution in [3.63, 3.8) is 0 Å². The predicted octanol–water partition coefficient (Wildman–Crippen LogP) is 2.49. The van der Waals surface area contributed by atoms with Crippen LogP contribution in [0.15, 0.2) is 28.7 Å². The van der Waals surface area contributed by atoms with Crippen molar-refractivity contribution in [2.24, 2.45) is 0 Å². The highest BCUT2D eigenvalue weighted by molar-refractivity contribution is 9.10. The molecular formula is C11H12BrNO2. The van der Waals surface area contributed by atoms with Crippen LogP contribution in [0.5, 0.6) is 0 Å². The first-order valence-electron chi connectivity index (χ1n) is 4.92. The van der Waals surface area contributed by atoms with Crippen LogP contribution < -0.4 is 5.32 Å². The van der Waals surface area contributed by atoms with Gasteiger partial charge in [0.1, 0.15) is 6.61 Å². The number of carbonyl (C=O) groups is 1. The van der Waals surface area contributed by atoms with Gasteiger partial charge in [0.25, 0.3) is 0 Å². The number of benzene rings is 1. The molecule has 1 aliphatic heterocycles.